The second-order valence-corrected chi connectivity index (χ2v) is 4.00. The molecule has 16 heavy (non-hydrogen) atoms. The molecule has 4 nitrogen and oxygen atoms in total. The largest absolute Gasteiger partial charge is 0.497 e. The van der Waals surface area contributed by atoms with E-state index >= 15 is 0 Å². The minimum atomic E-state index is -0.988. The highest BCUT2D eigenvalue weighted by atomic mass is 16.5. The lowest BCUT2D eigenvalue weighted by Crippen LogP contribution is -2.29. The van der Waals surface area contributed by atoms with Crippen LogP contribution in [0.25, 0.3) is 0 Å². The minimum absolute atomic E-state index is 0.520. The van der Waals surface area contributed by atoms with E-state index in [-0.39, 0.29) is 0 Å². The molecule has 0 fully saturated rings. The van der Waals surface area contributed by atoms with Crippen LogP contribution >= 0.6 is 0 Å². The molecule has 1 aromatic carbocycles. The van der Waals surface area contributed by atoms with Crippen LogP contribution in [0.2, 0.25) is 0 Å². The maximum Gasteiger partial charge on any atom is 0.313 e. The topological polar surface area (TPSA) is 55.8 Å². The van der Waals surface area contributed by atoms with Crippen molar-refractivity contribution >= 4 is 5.97 Å². The van der Waals surface area contributed by atoms with Gasteiger partial charge in [0.1, 0.15) is 11.5 Å². The standard InChI is InChI=1S/C12H16O4/c1-12(2,11(13)14)9-6-5-8(15-3)7-10(9)16-4/h5-7H,1-4H3,(H,13,14). The Balaban J connectivity index is 3.28. The molecular weight excluding hydrogens is 208 g/mol. The number of methoxy groups -OCH3 is 2. The Bertz CT molecular complexity index is 396. The zero-order valence-corrected chi connectivity index (χ0v) is 9.90. The van der Waals surface area contributed by atoms with Crippen molar-refractivity contribution in [1.29, 1.82) is 0 Å². The quantitative estimate of drug-likeness (QED) is 0.850. The molecule has 0 amide bonds. The Labute approximate surface area is 94.8 Å². The SMILES string of the molecule is COc1ccc(C(C)(C)C(=O)O)c(OC)c1. The van der Waals surface area contributed by atoms with Crippen molar-refractivity contribution in [2.75, 3.05) is 14.2 Å². The summed E-state index contributed by atoms with van der Waals surface area (Å²) >= 11 is 0. The van der Waals surface area contributed by atoms with Crippen molar-refractivity contribution in [2.45, 2.75) is 19.3 Å². The third-order valence-electron chi connectivity index (χ3n) is 2.62. The van der Waals surface area contributed by atoms with Crippen LogP contribution in [0.3, 0.4) is 0 Å². The molecule has 0 aliphatic carbocycles. The Morgan fingerprint density at radius 1 is 1.25 bits per heavy atom. The molecule has 0 spiro atoms. The highest BCUT2D eigenvalue weighted by Crippen LogP contribution is 2.34. The molecule has 0 aliphatic heterocycles. The molecule has 0 saturated carbocycles. The van der Waals surface area contributed by atoms with Crippen molar-refractivity contribution in [2.24, 2.45) is 0 Å². The molecule has 1 N–H and O–H groups in total. The van der Waals surface area contributed by atoms with Crippen LogP contribution < -0.4 is 9.47 Å². The van der Waals surface area contributed by atoms with E-state index in [0.29, 0.717) is 17.1 Å². The van der Waals surface area contributed by atoms with Crippen molar-refractivity contribution in [3.8, 4) is 11.5 Å². The molecule has 0 atom stereocenters. The predicted octanol–water partition coefficient (Wildman–Crippen LogP) is 2.07. The number of carbonyl (C=O) groups is 1. The lowest BCUT2D eigenvalue weighted by atomic mass is 9.84. The normalized spacial score (nSPS) is 11.0. The summed E-state index contributed by atoms with van der Waals surface area (Å²) in [5.74, 6) is 0.268. The molecule has 0 unspecified atom stereocenters. The Kier molecular flexibility index (Phi) is 3.42. The second-order valence-electron chi connectivity index (χ2n) is 4.00. The Hall–Kier alpha value is -1.71. The first-order chi connectivity index (χ1) is 7.43. The molecule has 1 rings (SSSR count). The smallest absolute Gasteiger partial charge is 0.313 e. The third-order valence-corrected chi connectivity index (χ3v) is 2.62. The van der Waals surface area contributed by atoms with Crippen molar-refractivity contribution in [1.82, 2.24) is 0 Å². The first-order valence-corrected chi connectivity index (χ1v) is 4.89. The van der Waals surface area contributed by atoms with E-state index in [9.17, 15) is 4.79 Å². The van der Waals surface area contributed by atoms with Crippen LogP contribution in [0.4, 0.5) is 0 Å². The van der Waals surface area contributed by atoms with Crippen LogP contribution in [0.1, 0.15) is 19.4 Å². The summed E-state index contributed by atoms with van der Waals surface area (Å²) in [4.78, 5) is 11.2. The van der Waals surface area contributed by atoms with Gasteiger partial charge in [0, 0.05) is 11.6 Å². The molecule has 0 heterocycles. The Morgan fingerprint density at radius 3 is 2.31 bits per heavy atom. The van der Waals surface area contributed by atoms with E-state index in [4.69, 9.17) is 14.6 Å². The molecule has 88 valence electrons. The molecule has 4 heteroatoms. The van der Waals surface area contributed by atoms with Gasteiger partial charge in [-0.15, -0.1) is 0 Å². The van der Waals surface area contributed by atoms with Gasteiger partial charge in [-0.25, -0.2) is 0 Å². The van der Waals surface area contributed by atoms with Gasteiger partial charge < -0.3 is 14.6 Å². The van der Waals surface area contributed by atoms with Crippen LogP contribution in [-0.2, 0) is 10.2 Å². The van der Waals surface area contributed by atoms with Crippen molar-refractivity contribution < 1.29 is 19.4 Å². The fraction of sp³-hybridized carbons (Fsp3) is 0.417. The maximum atomic E-state index is 11.2. The van der Waals surface area contributed by atoms with Crippen LogP contribution in [-0.4, -0.2) is 25.3 Å². The monoisotopic (exact) mass is 224 g/mol. The minimum Gasteiger partial charge on any atom is -0.497 e. The zero-order valence-electron chi connectivity index (χ0n) is 9.90. The summed E-state index contributed by atoms with van der Waals surface area (Å²) in [5, 5.41) is 9.15. The fourth-order valence-corrected chi connectivity index (χ4v) is 1.43. The van der Waals surface area contributed by atoms with Gasteiger partial charge in [-0.1, -0.05) is 6.07 Å². The van der Waals surface area contributed by atoms with E-state index in [0.717, 1.165) is 0 Å². The number of hydrogen-bond acceptors (Lipinski definition) is 3. The van der Waals surface area contributed by atoms with Gasteiger partial charge in [0.2, 0.25) is 0 Å². The van der Waals surface area contributed by atoms with Gasteiger partial charge in [0.25, 0.3) is 0 Å². The van der Waals surface area contributed by atoms with Gasteiger partial charge in [-0.05, 0) is 19.9 Å². The van der Waals surface area contributed by atoms with Gasteiger partial charge in [0.05, 0.1) is 19.6 Å². The lowest BCUT2D eigenvalue weighted by Gasteiger charge is -2.22. The van der Waals surface area contributed by atoms with Crippen LogP contribution in [0.5, 0.6) is 11.5 Å². The molecule has 0 aromatic heterocycles. The molecule has 0 aliphatic rings. The second kappa shape index (κ2) is 4.43. The first kappa shape index (κ1) is 12.4. The lowest BCUT2D eigenvalue weighted by molar-refractivity contribution is -0.142. The average molecular weight is 224 g/mol. The summed E-state index contributed by atoms with van der Waals surface area (Å²) in [7, 11) is 3.06. The molecule has 1 aromatic rings. The predicted molar refractivity (Wildman–Crippen MR) is 60.2 cm³/mol. The average Bonchev–Trinajstić information content (AvgIpc) is 2.27. The molecular formula is C12H16O4. The van der Waals surface area contributed by atoms with E-state index in [2.05, 4.69) is 0 Å². The van der Waals surface area contributed by atoms with E-state index < -0.39 is 11.4 Å². The van der Waals surface area contributed by atoms with Crippen molar-refractivity contribution in [3.05, 3.63) is 23.8 Å². The van der Waals surface area contributed by atoms with Gasteiger partial charge >= 0.3 is 5.97 Å². The number of carboxylic acid groups (broad SMARTS) is 1. The molecule has 0 bridgehead atoms. The summed E-state index contributed by atoms with van der Waals surface area (Å²) in [6.45, 7) is 3.28. The van der Waals surface area contributed by atoms with E-state index in [1.54, 1.807) is 39.2 Å². The van der Waals surface area contributed by atoms with Crippen LogP contribution in [0.15, 0.2) is 18.2 Å². The zero-order chi connectivity index (χ0) is 12.3. The van der Waals surface area contributed by atoms with Crippen LogP contribution in [0, 0.1) is 0 Å². The van der Waals surface area contributed by atoms with E-state index in [1.165, 1.54) is 7.11 Å². The molecule has 0 saturated heterocycles. The van der Waals surface area contributed by atoms with Gasteiger partial charge in [-0.3, -0.25) is 4.79 Å². The maximum absolute atomic E-state index is 11.2. The number of carboxylic acids is 1. The fourth-order valence-electron chi connectivity index (χ4n) is 1.43. The number of ether oxygens (including phenoxy) is 2. The number of rotatable bonds is 4. The highest BCUT2D eigenvalue weighted by molar-refractivity contribution is 5.81. The third kappa shape index (κ3) is 2.10. The van der Waals surface area contributed by atoms with Crippen molar-refractivity contribution in [3.63, 3.8) is 0 Å². The highest BCUT2D eigenvalue weighted by Gasteiger charge is 2.32. The number of benzene rings is 1. The number of hydrogen-bond donors (Lipinski definition) is 1. The van der Waals surface area contributed by atoms with E-state index in [1.807, 2.05) is 0 Å². The number of aliphatic carboxylic acids is 1. The van der Waals surface area contributed by atoms with Gasteiger partial charge in [-0.2, -0.15) is 0 Å². The van der Waals surface area contributed by atoms with Gasteiger partial charge in [0.15, 0.2) is 0 Å². The Morgan fingerprint density at radius 2 is 1.88 bits per heavy atom. The summed E-state index contributed by atoms with van der Waals surface area (Å²) in [6, 6.07) is 5.12. The summed E-state index contributed by atoms with van der Waals surface area (Å²) in [6.07, 6.45) is 0. The summed E-state index contributed by atoms with van der Waals surface area (Å²) < 4.78 is 10.2. The molecule has 0 radical (unpaired) electrons. The summed E-state index contributed by atoms with van der Waals surface area (Å²) in [5.41, 5.74) is -0.360. The first-order valence-electron chi connectivity index (χ1n) is 4.89.